The SMILES string of the molecule is CC(=O)c1cccc(NC(=O)CN(C)C(C)C(=O)O)c1.Cl. The van der Waals surface area contributed by atoms with E-state index in [2.05, 4.69) is 5.32 Å². The van der Waals surface area contributed by atoms with Gasteiger partial charge in [-0.1, -0.05) is 12.1 Å². The molecular formula is C14H19ClN2O4. The predicted octanol–water partition coefficient (Wildman–Crippen LogP) is 1.65. The number of likely N-dealkylation sites (N-methyl/N-ethyl adjacent to an activating group) is 1. The molecule has 1 unspecified atom stereocenters. The highest BCUT2D eigenvalue weighted by Crippen LogP contribution is 2.11. The van der Waals surface area contributed by atoms with Gasteiger partial charge in [0.2, 0.25) is 5.91 Å². The lowest BCUT2D eigenvalue weighted by Crippen LogP contribution is -2.40. The summed E-state index contributed by atoms with van der Waals surface area (Å²) in [4.78, 5) is 35.3. The van der Waals surface area contributed by atoms with Crippen molar-refractivity contribution in [1.82, 2.24) is 4.90 Å². The van der Waals surface area contributed by atoms with E-state index in [1.54, 1.807) is 31.3 Å². The maximum absolute atomic E-state index is 11.8. The molecule has 0 aliphatic rings. The highest BCUT2D eigenvalue weighted by molar-refractivity contribution is 5.97. The van der Waals surface area contributed by atoms with Crippen LogP contribution in [-0.4, -0.2) is 47.3 Å². The van der Waals surface area contributed by atoms with Crippen molar-refractivity contribution in [3.8, 4) is 0 Å². The molecule has 7 heteroatoms. The molecule has 1 rings (SSSR count). The van der Waals surface area contributed by atoms with Crippen LogP contribution in [0.2, 0.25) is 0 Å². The van der Waals surface area contributed by atoms with E-state index < -0.39 is 12.0 Å². The zero-order valence-electron chi connectivity index (χ0n) is 12.1. The Morgan fingerprint density at radius 1 is 1.33 bits per heavy atom. The van der Waals surface area contributed by atoms with Crippen molar-refractivity contribution in [3.63, 3.8) is 0 Å². The quantitative estimate of drug-likeness (QED) is 0.780. The number of Topliss-reactive ketones (excluding diaryl/α,β-unsaturated/α-hetero) is 1. The van der Waals surface area contributed by atoms with Crippen LogP contribution in [0.5, 0.6) is 0 Å². The van der Waals surface area contributed by atoms with Gasteiger partial charge in [-0.15, -0.1) is 12.4 Å². The smallest absolute Gasteiger partial charge is 0.320 e. The fraction of sp³-hybridized carbons (Fsp3) is 0.357. The number of carbonyl (C=O) groups excluding carboxylic acids is 2. The molecule has 116 valence electrons. The topological polar surface area (TPSA) is 86.7 Å². The number of halogens is 1. The van der Waals surface area contributed by atoms with Gasteiger partial charge in [0.15, 0.2) is 5.78 Å². The number of anilines is 1. The summed E-state index contributed by atoms with van der Waals surface area (Å²) in [6, 6.07) is 5.85. The van der Waals surface area contributed by atoms with Crippen molar-refractivity contribution in [2.24, 2.45) is 0 Å². The van der Waals surface area contributed by atoms with Crippen LogP contribution in [0.3, 0.4) is 0 Å². The maximum atomic E-state index is 11.8. The average molecular weight is 315 g/mol. The number of carboxylic acid groups (broad SMARTS) is 1. The second-order valence-corrected chi connectivity index (χ2v) is 4.61. The third-order valence-corrected chi connectivity index (χ3v) is 2.96. The molecule has 0 bridgehead atoms. The zero-order valence-corrected chi connectivity index (χ0v) is 12.9. The Morgan fingerprint density at radius 2 is 1.95 bits per heavy atom. The first-order chi connectivity index (χ1) is 9.31. The number of ketones is 1. The molecule has 1 aromatic carbocycles. The number of hydrogen-bond donors (Lipinski definition) is 2. The third-order valence-electron chi connectivity index (χ3n) is 2.96. The van der Waals surface area contributed by atoms with E-state index >= 15 is 0 Å². The first kappa shape index (κ1) is 19.1. The fourth-order valence-electron chi connectivity index (χ4n) is 1.57. The first-order valence-electron chi connectivity index (χ1n) is 6.15. The normalized spacial score (nSPS) is 11.4. The summed E-state index contributed by atoms with van der Waals surface area (Å²) in [6.45, 7) is 2.91. The summed E-state index contributed by atoms with van der Waals surface area (Å²) in [7, 11) is 1.56. The summed E-state index contributed by atoms with van der Waals surface area (Å²) in [6.07, 6.45) is 0. The number of hydrogen-bond acceptors (Lipinski definition) is 4. The van der Waals surface area contributed by atoms with Gasteiger partial charge in [0.25, 0.3) is 0 Å². The van der Waals surface area contributed by atoms with Gasteiger partial charge in [-0.3, -0.25) is 19.3 Å². The van der Waals surface area contributed by atoms with Crippen LogP contribution in [-0.2, 0) is 9.59 Å². The van der Waals surface area contributed by atoms with Gasteiger partial charge in [0.1, 0.15) is 6.04 Å². The molecule has 0 aromatic heterocycles. The van der Waals surface area contributed by atoms with Gasteiger partial charge in [-0.25, -0.2) is 0 Å². The van der Waals surface area contributed by atoms with Gasteiger partial charge < -0.3 is 10.4 Å². The lowest BCUT2D eigenvalue weighted by atomic mass is 10.1. The Morgan fingerprint density at radius 3 is 2.48 bits per heavy atom. The monoisotopic (exact) mass is 314 g/mol. The summed E-state index contributed by atoms with van der Waals surface area (Å²) in [5, 5.41) is 11.5. The number of benzene rings is 1. The Balaban J connectivity index is 0.00000400. The predicted molar refractivity (Wildman–Crippen MR) is 82.1 cm³/mol. The molecule has 0 aliphatic heterocycles. The Labute approximate surface area is 129 Å². The molecule has 6 nitrogen and oxygen atoms in total. The van der Waals surface area contributed by atoms with Gasteiger partial charge in [-0.05, 0) is 33.0 Å². The standard InChI is InChI=1S/C14H18N2O4.ClH/c1-9(14(19)20)16(3)8-13(18)15-12-6-4-5-11(7-12)10(2)17;/h4-7,9H,8H2,1-3H3,(H,15,18)(H,19,20);1H. The molecule has 1 aromatic rings. The van der Waals surface area contributed by atoms with E-state index in [9.17, 15) is 14.4 Å². The molecular weight excluding hydrogens is 296 g/mol. The van der Waals surface area contributed by atoms with Gasteiger partial charge in [0, 0.05) is 11.3 Å². The average Bonchev–Trinajstić information content (AvgIpc) is 2.37. The van der Waals surface area contributed by atoms with Crippen molar-refractivity contribution in [2.45, 2.75) is 19.9 Å². The molecule has 1 amide bonds. The van der Waals surface area contributed by atoms with Crippen LogP contribution in [0.25, 0.3) is 0 Å². The van der Waals surface area contributed by atoms with Crippen molar-refractivity contribution in [1.29, 1.82) is 0 Å². The van der Waals surface area contributed by atoms with E-state index in [0.29, 0.717) is 11.3 Å². The van der Waals surface area contributed by atoms with E-state index in [1.807, 2.05) is 0 Å². The van der Waals surface area contributed by atoms with Crippen LogP contribution in [0.4, 0.5) is 5.69 Å². The lowest BCUT2D eigenvalue weighted by molar-refractivity contribution is -0.142. The first-order valence-corrected chi connectivity index (χ1v) is 6.15. The second-order valence-electron chi connectivity index (χ2n) is 4.61. The number of rotatable bonds is 6. The molecule has 21 heavy (non-hydrogen) atoms. The minimum atomic E-state index is -0.987. The Kier molecular flexibility index (Phi) is 7.62. The molecule has 0 heterocycles. The van der Waals surface area contributed by atoms with E-state index in [1.165, 1.54) is 18.7 Å². The van der Waals surface area contributed by atoms with Crippen molar-refractivity contribution < 1.29 is 19.5 Å². The van der Waals surface area contributed by atoms with Crippen molar-refractivity contribution in [2.75, 3.05) is 18.9 Å². The summed E-state index contributed by atoms with van der Waals surface area (Å²) in [5.74, 6) is -1.40. The highest BCUT2D eigenvalue weighted by atomic mass is 35.5. The number of carbonyl (C=O) groups is 3. The number of carboxylic acids is 1. The summed E-state index contributed by atoms with van der Waals surface area (Å²) >= 11 is 0. The number of nitrogens with one attached hydrogen (secondary N) is 1. The molecule has 0 saturated carbocycles. The highest BCUT2D eigenvalue weighted by Gasteiger charge is 2.19. The van der Waals surface area contributed by atoms with Crippen molar-refractivity contribution in [3.05, 3.63) is 29.8 Å². The minimum absolute atomic E-state index is 0. The Bertz CT molecular complexity index is 533. The molecule has 0 aliphatic carbocycles. The van der Waals surface area contributed by atoms with Crippen molar-refractivity contribution >= 4 is 35.8 Å². The van der Waals surface area contributed by atoms with Gasteiger partial charge in [0.05, 0.1) is 6.54 Å². The van der Waals surface area contributed by atoms with Crippen LogP contribution < -0.4 is 5.32 Å². The number of nitrogens with zero attached hydrogens (tertiary/aromatic N) is 1. The molecule has 2 N–H and O–H groups in total. The third kappa shape index (κ3) is 5.93. The Hall–Kier alpha value is -1.92. The molecule has 0 fully saturated rings. The largest absolute Gasteiger partial charge is 0.480 e. The number of amides is 1. The van der Waals surface area contributed by atoms with E-state index in [4.69, 9.17) is 5.11 Å². The van der Waals surface area contributed by atoms with Crippen LogP contribution in [0.1, 0.15) is 24.2 Å². The minimum Gasteiger partial charge on any atom is -0.480 e. The number of aliphatic carboxylic acids is 1. The van der Waals surface area contributed by atoms with Crippen LogP contribution in [0.15, 0.2) is 24.3 Å². The second kappa shape index (κ2) is 8.39. The molecule has 0 spiro atoms. The molecule has 0 radical (unpaired) electrons. The zero-order chi connectivity index (χ0) is 15.3. The van der Waals surface area contributed by atoms with Gasteiger partial charge >= 0.3 is 5.97 Å². The molecule has 1 atom stereocenters. The van der Waals surface area contributed by atoms with E-state index in [-0.39, 0.29) is 30.6 Å². The lowest BCUT2D eigenvalue weighted by Gasteiger charge is -2.20. The van der Waals surface area contributed by atoms with E-state index in [0.717, 1.165) is 0 Å². The molecule has 0 saturated heterocycles. The summed E-state index contributed by atoms with van der Waals surface area (Å²) in [5.41, 5.74) is 1.02. The fourth-order valence-corrected chi connectivity index (χ4v) is 1.57. The summed E-state index contributed by atoms with van der Waals surface area (Å²) < 4.78 is 0. The maximum Gasteiger partial charge on any atom is 0.320 e. The van der Waals surface area contributed by atoms with Crippen LogP contribution in [0, 0.1) is 0 Å². The van der Waals surface area contributed by atoms with Crippen LogP contribution >= 0.6 is 12.4 Å². The van der Waals surface area contributed by atoms with Gasteiger partial charge in [-0.2, -0.15) is 0 Å².